The molecule has 0 heterocycles. The lowest BCUT2D eigenvalue weighted by Crippen LogP contribution is -2.30. The molecule has 0 bridgehead atoms. The molecule has 1 unspecified atom stereocenters. The van der Waals surface area contributed by atoms with Crippen LogP contribution in [-0.2, 0) is 28.6 Å². The summed E-state index contributed by atoms with van der Waals surface area (Å²) in [5, 5.41) is 0. The zero-order chi connectivity index (χ0) is 49.3. The Balaban J connectivity index is 4.25. The van der Waals surface area contributed by atoms with Gasteiger partial charge in [0.2, 0.25) is 0 Å². The largest absolute Gasteiger partial charge is 0.462 e. The van der Waals surface area contributed by atoms with Crippen molar-refractivity contribution in [2.24, 2.45) is 0 Å². The van der Waals surface area contributed by atoms with E-state index in [1.807, 2.05) is 0 Å². The molecule has 0 aliphatic rings. The standard InChI is InChI=1S/C62H104O6/c1-4-7-10-13-16-18-20-22-24-26-27-28-29-30-31-32-33-34-35-37-38-40-42-44-46-49-52-55-61(64)67-58-59(57-66-60(63)54-51-48-15-12-9-6-3)68-62(65)56-53-50-47-45-43-41-39-36-25-23-21-19-17-14-11-8-5-2/h7,10,16,18,22,24,27-28,30-31,33-34,37-38,42,44,59H,4-6,8-9,11-15,17,19-21,23,25-26,29,32,35-36,39-41,43,45-58H2,1-3H3/b10-7-,18-16-,24-22-,28-27-,31-30-,34-33-,38-37-,44-42-. The molecule has 0 saturated heterocycles. The van der Waals surface area contributed by atoms with Crippen LogP contribution in [0.3, 0.4) is 0 Å². The summed E-state index contributed by atoms with van der Waals surface area (Å²) in [5.74, 6) is -0.942. The zero-order valence-electron chi connectivity index (χ0n) is 44.3. The molecule has 0 rings (SSSR count). The molecule has 6 heteroatoms. The van der Waals surface area contributed by atoms with Crippen molar-refractivity contribution in [1.82, 2.24) is 0 Å². The van der Waals surface area contributed by atoms with Crippen molar-refractivity contribution < 1.29 is 28.6 Å². The molecular formula is C62H104O6. The summed E-state index contributed by atoms with van der Waals surface area (Å²) < 4.78 is 16.7. The Morgan fingerprint density at radius 2 is 0.574 bits per heavy atom. The Morgan fingerprint density at radius 1 is 0.309 bits per heavy atom. The number of unbranched alkanes of at least 4 members (excludes halogenated alkanes) is 23. The number of allylic oxidation sites excluding steroid dienone is 16. The molecule has 0 aromatic carbocycles. The highest BCUT2D eigenvalue weighted by Crippen LogP contribution is 2.15. The first-order valence-electron chi connectivity index (χ1n) is 28.2. The summed E-state index contributed by atoms with van der Waals surface area (Å²) in [5.41, 5.74) is 0. The summed E-state index contributed by atoms with van der Waals surface area (Å²) in [6.45, 7) is 6.44. The van der Waals surface area contributed by atoms with Crippen molar-refractivity contribution in [2.75, 3.05) is 13.2 Å². The lowest BCUT2D eigenvalue weighted by atomic mass is 10.0. The normalized spacial score (nSPS) is 12.8. The molecule has 0 spiro atoms. The van der Waals surface area contributed by atoms with Gasteiger partial charge in [0, 0.05) is 19.3 Å². The van der Waals surface area contributed by atoms with Crippen LogP contribution in [0.5, 0.6) is 0 Å². The van der Waals surface area contributed by atoms with Gasteiger partial charge in [-0.3, -0.25) is 14.4 Å². The van der Waals surface area contributed by atoms with Crippen LogP contribution in [0.4, 0.5) is 0 Å². The average molecular weight is 946 g/mol. The van der Waals surface area contributed by atoms with Crippen molar-refractivity contribution in [2.45, 2.75) is 264 Å². The number of rotatable bonds is 50. The summed E-state index contributed by atoms with van der Waals surface area (Å²) in [4.78, 5) is 37.8. The number of hydrogen-bond donors (Lipinski definition) is 0. The molecule has 0 amide bonds. The van der Waals surface area contributed by atoms with Gasteiger partial charge in [-0.25, -0.2) is 0 Å². The average Bonchev–Trinajstić information content (AvgIpc) is 3.34. The van der Waals surface area contributed by atoms with E-state index in [9.17, 15) is 14.4 Å². The highest BCUT2D eigenvalue weighted by Gasteiger charge is 2.19. The second-order valence-corrected chi connectivity index (χ2v) is 18.5. The number of ether oxygens (including phenoxy) is 3. The summed E-state index contributed by atoms with van der Waals surface area (Å²) >= 11 is 0. The first-order valence-corrected chi connectivity index (χ1v) is 28.2. The van der Waals surface area contributed by atoms with Crippen LogP contribution in [0.15, 0.2) is 97.2 Å². The van der Waals surface area contributed by atoms with Gasteiger partial charge < -0.3 is 14.2 Å². The zero-order valence-corrected chi connectivity index (χ0v) is 44.3. The maximum atomic E-state index is 12.8. The number of carbonyl (C=O) groups is 3. The van der Waals surface area contributed by atoms with Gasteiger partial charge in [0.05, 0.1) is 0 Å². The molecule has 388 valence electrons. The van der Waals surface area contributed by atoms with Crippen LogP contribution in [-0.4, -0.2) is 37.2 Å². The quantitative estimate of drug-likeness (QED) is 0.0262. The van der Waals surface area contributed by atoms with Gasteiger partial charge in [-0.2, -0.15) is 0 Å². The van der Waals surface area contributed by atoms with E-state index in [1.54, 1.807) is 0 Å². The van der Waals surface area contributed by atoms with Gasteiger partial charge in [-0.15, -0.1) is 0 Å². The minimum absolute atomic E-state index is 0.0899. The van der Waals surface area contributed by atoms with Crippen molar-refractivity contribution in [3.05, 3.63) is 97.2 Å². The van der Waals surface area contributed by atoms with Crippen LogP contribution in [0.2, 0.25) is 0 Å². The minimum Gasteiger partial charge on any atom is -0.462 e. The molecular weight excluding hydrogens is 841 g/mol. The van der Waals surface area contributed by atoms with Gasteiger partial charge in [0.25, 0.3) is 0 Å². The molecule has 0 aliphatic heterocycles. The SMILES string of the molecule is CC/C=C\C/C=C\C/C=C\C/C=C\C/C=C\C/C=C\C/C=C\C/C=C\CCCCC(=O)OCC(COC(=O)CCCCCCCC)OC(=O)CCCCCCCCCCCCCCCCCCC. The number of esters is 3. The lowest BCUT2D eigenvalue weighted by molar-refractivity contribution is -0.167. The Labute approximate surface area is 419 Å². The molecule has 0 fully saturated rings. The van der Waals surface area contributed by atoms with E-state index in [1.165, 1.54) is 109 Å². The molecule has 1 atom stereocenters. The summed E-state index contributed by atoms with van der Waals surface area (Å²) in [6.07, 6.45) is 74.3. The van der Waals surface area contributed by atoms with E-state index in [4.69, 9.17) is 14.2 Å². The van der Waals surface area contributed by atoms with Crippen LogP contribution in [0, 0.1) is 0 Å². The minimum atomic E-state index is -0.791. The Kier molecular flexibility index (Phi) is 52.9. The van der Waals surface area contributed by atoms with E-state index >= 15 is 0 Å². The Bertz CT molecular complexity index is 1360. The first kappa shape index (κ1) is 64.3. The van der Waals surface area contributed by atoms with Gasteiger partial charge in [0.1, 0.15) is 13.2 Å². The van der Waals surface area contributed by atoms with Gasteiger partial charge in [-0.1, -0.05) is 253 Å². The summed E-state index contributed by atoms with van der Waals surface area (Å²) in [6, 6.07) is 0. The maximum Gasteiger partial charge on any atom is 0.306 e. The van der Waals surface area contributed by atoms with E-state index in [2.05, 4.69) is 118 Å². The van der Waals surface area contributed by atoms with E-state index < -0.39 is 6.10 Å². The van der Waals surface area contributed by atoms with E-state index in [-0.39, 0.29) is 31.1 Å². The molecule has 0 aromatic rings. The molecule has 0 N–H and O–H groups in total. The Morgan fingerprint density at radius 3 is 0.897 bits per heavy atom. The van der Waals surface area contributed by atoms with Gasteiger partial charge in [0.15, 0.2) is 6.10 Å². The lowest BCUT2D eigenvalue weighted by Gasteiger charge is -2.18. The van der Waals surface area contributed by atoms with Crippen molar-refractivity contribution in [3.8, 4) is 0 Å². The van der Waals surface area contributed by atoms with Crippen LogP contribution < -0.4 is 0 Å². The third kappa shape index (κ3) is 53.3. The fraction of sp³-hybridized carbons (Fsp3) is 0.694. The van der Waals surface area contributed by atoms with Gasteiger partial charge >= 0.3 is 17.9 Å². The van der Waals surface area contributed by atoms with E-state index in [0.29, 0.717) is 19.3 Å². The molecule has 0 saturated carbocycles. The fourth-order valence-electron chi connectivity index (χ4n) is 7.63. The second-order valence-electron chi connectivity index (χ2n) is 18.5. The van der Waals surface area contributed by atoms with Crippen molar-refractivity contribution >= 4 is 17.9 Å². The molecule has 6 nitrogen and oxygen atoms in total. The monoisotopic (exact) mass is 945 g/mol. The third-order valence-electron chi connectivity index (χ3n) is 11.9. The van der Waals surface area contributed by atoms with Crippen molar-refractivity contribution in [1.29, 1.82) is 0 Å². The second kappa shape index (κ2) is 55.9. The molecule has 0 aromatic heterocycles. The Hall–Kier alpha value is -3.67. The predicted molar refractivity (Wildman–Crippen MR) is 293 cm³/mol. The third-order valence-corrected chi connectivity index (χ3v) is 11.9. The smallest absolute Gasteiger partial charge is 0.306 e. The topological polar surface area (TPSA) is 78.9 Å². The van der Waals surface area contributed by atoms with Crippen LogP contribution in [0.25, 0.3) is 0 Å². The molecule has 0 aliphatic carbocycles. The van der Waals surface area contributed by atoms with E-state index in [0.717, 1.165) is 109 Å². The molecule has 0 radical (unpaired) electrons. The highest BCUT2D eigenvalue weighted by atomic mass is 16.6. The molecule has 68 heavy (non-hydrogen) atoms. The number of carbonyl (C=O) groups excluding carboxylic acids is 3. The highest BCUT2D eigenvalue weighted by molar-refractivity contribution is 5.71. The van der Waals surface area contributed by atoms with Gasteiger partial charge in [-0.05, 0) is 83.5 Å². The van der Waals surface area contributed by atoms with Crippen LogP contribution >= 0.6 is 0 Å². The maximum absolute atomic E-state index is 12.8. The first-order chi connectivity index (χ1) is 33.5. The van der Waals surface area contributed by atoms with Crippen LogP contribution in [0.1, 0.15) is 258 Å². The van der Waals surface area contributed by atoms with Crippen molar-refractivity contribution in [3.63, 3.8) is 0 Å². The number of hydrogen-bond acceptors (Lipinski definition) is 6. The fourth-order valence-corrected chi connectivity index (χ4v) is 7.63. The summed E-state index contributed by atoms with van der Waals surface area (Å²) in [7, 11) is 0. The predicted octanol–water partition coefficient (Wildman–Crippen LogP) is 18.9.